The van der Waals surface area contributed by atoms with Crippen LogP contribution in [0, 0.1) is 0 Å². The van der Waals surface area contributed by atoms with E-state index in [9.17, 15) is 9.59 Å². The normalized spacial score (nSPS) is 12.4. The van der Waals surface area contributed by atoms with E-state index in [0.29, 0.717) is 19.6 Å². The van der Waals surface area contributed by atoms with E-state index in [1.54, 1.807) is 20.8 Å². The number of aliphatic carboxylic acids is 1. The zero-order valence-corrected chi connectivity index (χ0v) is 15.0. The summed E-state index contributed by atoms with van der Waals surface area (Å²) in [5, 5.41) is 11.7. The molecule has 0 aliphatic carbocycles. The first kappa shape index (κ1) is 20.9. The van der Waals surface area contributed by atoms with Crippen LogP contribution in [0.25, 0.3) is 0 Å². The number of carboxylic acid groups (broad SMARTS) is 1. The summed E-state index contributed by atoms with van der Waals surface area (Å²) < 4.78 is 15.8. The van der Waals surface area contributed by atoms with E-state index in [4.69, 9.17) is 19.3 Å². The predicted molar refractivity (Wildman–Crippen MR) is 92.3 cm³/mol. The van der Waals surface area contributed by atoms with Crippen molar-refractivity contribution in [1.82, 2.24) is 5.32 Å². The van der Waals surface area contributed by atoms with Crippen LogP contribution in [0.4, 0.5) is 4.79 Å². The van der Waals surface area contributed by atoms with Crippen molar-refractivity contribution in [2.45, 2.75) is 45.5 Å². The number of ether oxygens (including phenoxy) is 3. The van der Waals surface area contributed by atoms with Gasteiger partial charge in [0.05, 0.1) is 13.2 Å². The fraction of sp³-hybridized carbons (Fsp3) is 0.556. The van der Waals surface area contributed by atoms with Crippen molar-refractivity contribution < 1.29 is 28.9 Å². The molecule has 0 radical (unpaired) electrons. The first-order chi connectivity index (χ1) is 11.8. The van der Waals surface area contributed by atoms with Crippen molar-refractivity contribution >= 4 is 12.1 Å². The van der Waals surface area contributed by atoms with Gasteiger partial charge in [0.2, 0.25) is 0 Å². The Morgan fingerprint density at radius 1 is 1.20 bits per heavy atom. The van der Waals surface area contributed by atoms with Gasteiger partial charge in [-0.3, -0.25) is 0 Å². The monoisotopic (exact) mass is 353 g/mol. The van der Waals surface area contributed by atoms with Gasteiger partial charge in [0.25, 0.3) is 0 Å². The van der Waals surface area contributed by atoms with Crippen molar-refractivity contribution in [1.29, 1.82) is 0 Å². The van der Waals surface area contributed by atoms with Gasteiger partial charge in [-0.15, -0.1) is 0 Å². The van der Waals surface area contributed by atoms with Crippen molar-refractivity contribution in [3.8, 4) is 0 Å². The van der Waals surface area contributed by atoms with Crippen LogP contribution in [0.5, 0.6) is 0 Å². The molecule has 1 aromatic rings. The molecule has 1 amide bonds. The van der Waals surface area contributed by atoms with Crippen LogP contribution in [-0.2, 0) is 25.6 Å². The summed E-state index contributed by atoms with van der Waals surface area (Å²) in [6.45, 7) is 6.17. The van der Waals surface area contributed by atoms with E-state index < -0.39 is 23.8 Å². The lowest BCUT2D eigenvalue weighted by Gasteiger charge is -2.19. The third-order valence-electron chi connectivity index (χ3n) is 2.96. The molecular weight excluding hydrogens is 326 g/mol. The highest BCUT2D eigenvalue weighted by atomic mass is 16.6. The molecule has 1 unspecified atom stereocenters. The van der Waals surface area contributed by atoms with Gasteiger partial charge in [-0.1, -0.05) is 30.3 Å². The number of amides is 1. The number of hydrogen-bond acceptors (Lipinski definition) is 5. The second kappa shape index (κ2) is 10.7. The second-order valence-electron chi connectivity index (χ2n) is 6.48. The maximum absolute atomic E-state index is 11.5. The van der Waals surface area contributed by atoms with Crippen LogP contribution in [0.1, 0.15) is 32.8 Å². The van der Waals surface area contributed by atoms with Gasteiger partial charge in [0.15, 0.2) is 6.10 Å². The van der Waals surface area contributed by atoms with Crippen LogP contribution < -0.4 is 5.32 Å². The molecule has 7 nitrogen and oxygen atoms in total. The van der Waals surface area contributed by atoms with Crippen LogP contribution in [0.15, 0.2) is 30.3 Å². The van der Waals surface area contributed by atoms with E-state index in [2.05, 4.69) is 5.32 Å². The molecule has 140 valence electrons. The number of nitrogens with one attached hydrogen (secondary N) is 1. The van der Waals surface area contributed by atoms with Gasteiger partial charge >= 0.3 is 12.1 Å². The fourth-order valence-electron chi connectivity index (χ4n) is 1.85. The SMILES string of the molecule is CC(C)(C)OC(=O)NCCCOC(COCc1ccccc1)C(=O)O. The third kappa shape index (κ3) is 10.4. The lowest BCUT2D eigenvalue weighted by atomic mass is 10.2. The third-order valence-corrected chi connectivity index (χ3v) is 2.96. The summed E-state index contributed by atoms with van der Waals surface area (Å²) in [6, 6.07) is 9.49. The highest BCUT2D eigenvalue weighted by Crippen LogP contribution is 2.06. The fourth-order valence-corrected chi connectivity index (χ4v) is 1.85. The molecule has 2 N–H and O–H groups in total. The van der Waals surface area contributed by atoms with Crippen LogP contribution in [0.2, 0.25) is 0 Å². The van der Waals surface area contributed by atoms with E-state index in [-0.39, 0.29) is 13.2 Å². The number of hydrogen-bond donors (Lipinski definition) is 2. The van der Waals surface area contributed by atoms with Gasteiger partial charge < -0.3 is 24.6 Å². The van der Waals surface area contributed by atoms with Gasteiger partial charge in [-0.2, -0.15) is 0 Å². The van der Waals surface area contributed by atoms with Gasteiger partial charge in [-0.05, 0) is 32.8 Å². The molecule has 1 rings (SSSR count). The number of carbonyl (C=O) groups excluding carboxylic acids is 1. The Kier molecular flexibility index (Phi) is 8.94. The molecule has 0 heterocycles. The van der Waals surface area contributed by atoms with Gasteiger partial charge in [-0.25, -0.2) is 9.59 Å². The highest BCUT2D eigenvalue weighted by Gasteiger charge is 2.18. The molecule has 0 saturated carbocycles. The summed E-state index contributed by atoms with van der Waals surface area (Å²) in [5.74, 6) is -1.08. The average molecular weight is 353 g/mol. The van der Waals surface area contributed by atoms with Crippen LogP contribution in [-0.4, -0.2) is 48.6 Å². The molecule has 0 bridgehead atoms. The van der Waals surface area contributed by atoms with E-state index in [0.717, 1.165) is 5.56 Å². The Morgan fingerprint density at radius 3 is 2.48 bits per heavy atom. The average Bonchev–Trinajstić information content (AvgIpc) is 2.52. The second-order valence-corrected chi connectivity index (χ2v) is 6.48. The van der Waals surface area contributed by atoms with E-state index >= 15 is 0 Å². The summed E-state index contributed by atoms with van der Waals surface area (Å²) in [4.78, 5) is 22.6. The number of carboxylic acids is 1. The van der Waals surface area contributed by atoms with Crippen molar-refractivity contribution in [3.05, 3.63) is 35.9 Å². The number of carbonyl (C=O) groups is 2. The highest BCUT2D eigenvalue weighted by molar-refractivity contribution is 5.72. The molecule has 0 aliphatic heterocycles. The van der Waals surface area contributed by atoms with Crippen LogP contribution in [0.3, 0.4) is 0 Å². The molecule has 0 spiro atoms. The lowest BCUT2D eigenvalue weighted by Crippen LogP contribution is -2.34. The molecular formula is C18H27NO6. The molecule has 0 saturated heterocycles. The van der Waals surface area contributed by atoms with E-state index in [1.807, 2.05) is 30.3 Å². The maximum atomic E-state index is 11.5. The molecule has 1 aromatic carbocycles. The summed E-state index contributed by atoms with van der Waals surface area (Å²) in [6.07, 6.45) is -1.07. The first-order valence-corrected chi connectivity index (χ1v) is 8.21. The largest absolute Gasteiger partial charge is 0.479 e. The minimum Gasteiger partial charge on any atom is -0.479 e. The minimum absolute atomic E-state index is 0.0380. The molecule has 25 heavy (non-hydrogen) atoms. The number of rotatable bonds is 10. The van der Waals surface area contributed by atoms with E-state index in [1.165, 1.54) is 0 Å². The topological polar surface area (TPSA) is 94.1 Å². The Balaban J connectivity index is 2.18. The Morgan fingerprint density at radius 2 is 1.88 bits per heavy atom. The molecule has 0 fully saturated rings. The minimum atomic E-state index is -1.08. The Hall–Kier alpha value is -2.12. The summed E-state index contributed by atoms with van der Waals surface area (Å²) in [5.41, 5.74) is 0.415. The summed E-state index contributed by atoms with van der Waals surface area (Å²) >= 11 is 0. The maximum Gasteiger partial charge on any atom is 0.407 e. The molecule has 0 aliphatic rings. The van der Waals surface area contributed by atoms with Gasteiger partial charge in [0.1, 0.15) is 5.60 Å². The smallest absolute Gasteiger partial charge is 0.407 e. The summed E-state index contributed by atoms with van der Waals surface area (Å²) in [7, 11) is 0. The zero-order chi connectivity index (χ0) is 18.7. The first-order valence-electron chi connectivity index (χ1n) is 8.21. The molecule has 0 aromatic heterocycles. The quantitative estimate of drug-likeness (QED) is 0.628. The number of alkyl carbamates (subject to hydrolysis) is 1. The van der Waals surface area contributed by atoms with Crippen molar-refractivity contribution in [3.63, 3.8) is 0 Å². The Labute approximate surface area is 148 Å². The van der Waals surface area contributed by atoms with Crippen molar-refractivity contribution in [2.75, 3.05) is 19.8 Å². The molecule has 7 heteroatoms. The van der Waals surface area contributed by atoms with Crippen molar-refractivity contribution in [2.24, 2.45) is 0 Å². The predicted octanol–water partition coefficient (Wildman–Crippen LogP) is 2.59. The Bertz CT molecular complexity index is 526. The molecule has 1 atom stereocenters. The van der Waals surface area contributed by atoms with Crippen LogP contribution >= 0.6 is 0 Å². The standard InChI is InChI=1S/C18H27NO6/c1-18(2,3)25-17(22)19-10-7-11-24-15(16(20)21)13-23-12-14-8-5-4-6-9-14/h4-6,8-9,15H,7,10-13H2,1-3H3,(H,19,22)(H,20,21). The van der Waals surface area contributed by atoms with Gasteiger partial charge in [0, 0.05) is 13.2 Å². The lowest BCUT2D eigenvalue weighted by molar-refractivity contribution is -0.155. The zero-order valence-electron chi connectivity index (χ0n) is 15.0. The number of benzene rings is 1.